The lowest BCUT2D eigenvalue weighted by Crippen LogP contribution is -2.16. The maximum atomic E-state index is 9.45. The zero-order valence-electron chi connectivity index (χ0n) is 13.4. The fourth-order valence-corrected chi connectivity index (χ4v) is 3.37. The van der Waals surface area contributed by atoms with Crippen LogP contribution in [0.1, 0.15) is 30.9 Å². The van der Waals surface area contributed by atoms with E-state index >= 15 is 0 Å². The van der Waals surface area contributed by atoms with Crippen LogP contribution in [0, 0.1) is 17.2 Å². The molecule has 2 heteroatoms. The summed E-state index contributed by atoms with van der Waals surface area (Å²) in [5, 5.41) is 9.45. The second-order valence-corrected chi connectivity index (χ2v) is 5.85. The molecule has 0 saturated heterocycles. The third-order valence-corrected chi connectivity index (χ3v) is 4.39. The molecule has 2 aromatic rings. The van der Waals surface area contributed by atoms with E-state index in [4.69, 9.17) is 4.74 Å². The minimum absolute atomic E-state index is 0.0161. The Morgan fingerprint density at radius 1 is 1.00 bits per heavy atom. The molecule has 0 aliphatic heterocycles. The zero-order valence-corrected chi connectivity index (χ0v) is 13.4. The molecule has 116 valence electrons. The van der Waals surface area contributed by atoms with Crippen molar-refractivity contribution < 1.29 is 4.74 Å². The predicted molar refractivity (Wildman–Crippen MR) is 92.7 cm³/mol. The molecule has 0 amide bonds. The first-order valence-corrected chi connectivity index (χ1v) is 8.17. The smallest absolute Gasteiger partial charge is 0.0773 e. The molecule has 1 saturated carbocycles. The highest BCUT2D eigenvalue weighted by atomic mass is 16.5. The summed E-state index contributed by atoms with van der Waals surface area (Å²) in [7, 11) is 0. The van der Waals surface area contributed by atoms with E-state index < -0.39 is 0 Å². The van der Waals surface area contributed by atoms with Gasteiger partial charge in [-0.3, -0.25) is 0 Å². The normalized spacial score (nSPS) is 20.3. The summed E-state index contributed by atoms with van der Waals surface area (Å²) in [5.41, 5.74) is 5.01. The molecular weight excluding hydrogens is 282 g/mol. The van der Waals surface area contributed by atoms with Crippen molar-refractivity contribution >= 4 is 5.57 Å². The van der Waals surface area contributed by atoms with Gasteiger partial charge in [-0.1, -0.05) is 66.2 Å². The standard InChI is InChI=1S/C21H21NO/c1-2-23-20-14-18(13-19(20)15-22)21(16-9-5-3-6-10-16)17-11-7-4-8-12-17/h3-12,19-20H,2,13-14H2,1H3/t19-,20+/m1/s1. The van der Waals surface area contributed by atoms with Gasteiger partial charge in [-0.15, -0.1) is 0 Å². The number of hydrogen-bond acceptors (Lipinski definition) is 2. The molecule has 3 rings (SSSR count). The summed E-state index contributed by atoms with van der Waals surface area (Å²) in [6, 6.07) is 23.3. The number of benzene rings is 2. The molecule has 0 radical (unpaired) electrons. The van der Waals surface area contributed by atoms with E-state index in [1.165, 1.54) is 22.3 Å². The molecule has 1 aliphatic carbocycles. The molecule has 2 aromatic carbocycles. The molecule has 0 aromatic heterocycles. The van der Waals surface area contributed by atoms with Crippen molar-refractivity contribution in [1.29, 1.82) is 5.26 Å². The average molecular weight is 303 g/mol. The minimum Gasteiger partial charge on any atom is -0.377 e. The Morgan fingerprint density at radius 3 is 2.04 bits per heavy atom. The quantitative estimate of drug-likeness (QED) is 0.810. The van der Waals surface area contributed by atoms with Crippen LogP contribution in [0.2, 0.25) is 0 Å². The molecule has 2 atom stereocenters. The largest absolute Gasteiger partial charge is 0.377 e. The third-order valence-electron chi connectivity index (χ3n) is 4.39. The lowest BCUT2D eigenvalue weighted by molar-refractivity contribution is 0.0519. The van der Waals surface area contributed by atoms with E-state index in [1.54, 1.807) is 0 Å². The van der Waals surface area contributed by atoms with Crippen LogP contribution in [0.4, 0.5) is 0 Å². The Balaban J connectivity index is 2.07. The summed E-state index contributed by atoms with van der Waals surface area (Å²) in [5.74, 6) is -0.0487. The van der Waals surface area contributed by atoms with Gasteiger partial charge in [0.05, 0.1) is 18.1 Å². The Hall–Kier alpha value is -2.37. The first kappa shape index (κ1) is 15.5. The predicted octanol–water partition coefficient (Wildman–Crippen LogP) is 4.83. The second-order valence-electron chi connectivity index (χ2n) is 5.85. The van der Waals surface area contributed by atoms with Crippen molar-refractivity contribution in [3.05, 3.63) is 77.4 Å². The van der Waals surface area contributed by atoms with Crippen LogP contribution in [0.3, 0.4) is 0 Å². The molecule has 1 aliphatic rings. The van der Waals surface area contributed by atoms with Gasteiger partial charge in [-0.05, 0) is 36.5 Å². The van der Waals surface area contributed by atoms with Gasteiger partial charge >= 0.3 is 0 Å². The summed E-state index contributed by atoms with van der Waals surface area (Å²) in [6.07, 6.45) is 1.65. The summed E-state index contributed by atoms with van der Waals surface area (Å²) in [4.78, 5) is 0. The molecule has 0 spiro atoms. The molecule has 0 N–H and O–H groups in total. The van der Waals surface area contributed by atoms with Gasteiger partial charge in [0.15, 0.2) is 0 Å². The Kier molecular flexibility index (Phi) is 4.90. The SMILES string of the molecule is CCO[C@H]1CC(=C(c2ccccc2)c2ccccc2)C[C@@H]1C#N. The first-order valence-electron chi connectivity index (χ1n) is 8.17. The molecular formula is C21H21NO. The maximum absolute atomic E-state index is 9.45. The molecule has 0 unspecified atom stereocenters. The van der Waals surface area contributed by atoms with Gasteiger partial charge in [0, 0.05) is 6.61 Å². The fraction of sp³-hybridized carbons (Fsp3) is 0.286. The Labute approximate surface area is 138 Å². The van der Waals surface area contributed by atoms with Crippen molar-refractivity contribution in [2.45, 2.75) is 25.9 Å². The Morgan fingerprint density at radius 2 is 1.57 bits per heavy atom. The second kappa shape index (κ2) is 7.26. The third kappa shape index (κ3) is 3.36. The lowest BCUT2D eigenvalue weighted by atomic mass is 9.92. The highest BCUT2D eigenvalue weighted by Gasteiger charge is 2.33. The monoisotopic (exact) mass is 303 g/mol. The van der Waals surface area contributed by atoms with Crippen molar-refractivity contribution in [3.8, 4) is 6.07 Å². The van der Waals surface area contributed by atoms with E-state index in [0.29, 0.717) is 6.61 Å². The van der Waals surface area contributed by atoms with Crippen LogP contribution in [0.25, 0.3) is 5.57 Å². The van der Waals surface area contributed by atoms with Gasteiger partial charge in [0.1, 0.15) is 0 Å². The van der Waals surface area contributed by atoms with Crippen molar-refractivity contribution in [1.82, 2.24) is 0 Å². The summed E-state index contributed by atoms with van der Waals surface area (Å²) in [6.45, 7) is 2.65. The van der Waals surface area contributed by atoms with Crippen molar-refractivity contribution in [2.75, 3.05) is 6.61 Å². The number of ether oxygens (including phenoxy) is 1. The van der Waals surface area contributed by atoms with Gasteiger partial charge in [-0.2, -0.15) is 5.26 Å². The van der Waals surface area contributed by atoms with Crippen LogP contribution in [0.15, 0.2) is 66.2 Å². The number of hydrogen-bond donors (Lipinski definition) is 0. The van der Waals surface area contributed by atoms with E-state index in [2.05, 4.69) is 54.6 Å². The number of nitriles is 1. The van der Waals surface area contributed by atoms with Crippen molar-refractivity contribution in [3.63, 3.8) is 0 Å². The fourth-order valence-electron chi connectivity index (χ4n) is 3.37. The molecule has 23 heavy (non-hydrogen) atoms. The highest BCUT2D eigenvalue weighted by molar-refractivity contribution is 5.82. The lowest BCUT2D eigenvalue weighted by Gasteiger charge is -2.13. The van der Waals surface area contributed by atoms with Crippen LogP contribution in [-0.2, 0) is 4.74 Å². The van der Waals surface area contributed by atoms with Gasteiger partial charge in [0.25, 0.3) is 0 Å². The van der Waals surface area contributed by atoms with Crippen LogP contribution in [-0.4, -0.2) is 12.7 Å². The van der Waals surface area contributed by atoms with E-state index in [0.717, 1.165) is 12.8 Å². The molecule has 0 heterocycles. The zero-order chi connectivity index (χ0) is 16.1. The molecule has 1 fully saturated rings. The minimum atomic E-state index is -0.0487. The van der Waals surface area contributed by atoms with Crippen molar-refractivity contribution in [2.24, 2.45) is 5.92 Å². The average Bonchev–Trinajstić information content (AvgIpc) is 3.00. The van der Waals surface area contributed by atoms with Crippen LogP contribution >= 0.6 is 0 Å². The van der Waals surface area contributed by atoms with Gasteiger partial charge < -0.3 is 4.74 Å². The van der Waals surface area contributed by atoms with E-state index in [1.807, 2.05) is 19.1 Å². The van der Waals surface area contributed by atoms with E-state index in [9.17, 15) is 5.26 Å². The summed E-state index contributed by atoms with van der Waals surface area (Å²) >= 11 is 0. The Bertz CT molecular complexity index is 671. The maximum Gasteiger partial charge on any atom is 0.0773 e. The molecule has 0 bridgehead atoms. The molecule has 2 nitrogen and oxygen atoms in total. The topological polar surface area (TPSA) is 33.0 Å². The number of nitrogens with zero attached hydrogens (tertiary/aromatic N) is 1. The van der Waals surface area contributed by atoms with Crippen LogP contribution in [0.5, 0.6) is 0 Å². The highest BCUT2D eigenvalue weighted by Crippen LogP contribution is 2.39. The van der Waals surface area contributed by atoms with Crippen LogP contribution < -0.4 is 0 Å². The number of rotatable bonds is 4. The summed E-state index contributed by atoms with van der Waals surface area (Å²) < 4.78 is 5.80. The van der Waals surface area contributed by atoms with Gasteiger partial charge in [-0.25, -0.2) is 0 Å². The first-order chi connectivity index (χ1) is 11.3. The van der Waals surface area contributed by atoms with Gasteiger partial charge in [0.2, 0.25) is 0 Å². The van der Waals surface area contributed by atoms with E-state index in [-0.39, 0.29) is 12.0 Å².